The van der Waals surface area contributed by atoms with Crippen molar-refractivity contribution in [2.75, 3.05) is 0 Å². The van der Waals surface area contributed by atoms with Gasteiger partial charge in [0, 0.05) is 10.9 Å². The van der Waals surface area contributed by atoms with E-state index in [1.54, 1.807) is 0 Å². The van der Waals surface area contributed by atoms with Gasteiger partial charge >= 0.3 is 0 Å². The highest BCUT2D eigenvalue weighted by molar-refractivity contribution is 6.31. The van der Waals surface area contributed by atoms with E-state index in [2.05, 4.69) is 49.4 Å². The molecule has 0 heterocycles. The number of rotatable bonds is 2. The Morgan fingerprint density at radius 2 is 1.76 bits per heavy atom. The van der Waals surface area contributed by atoms with E-state index in [0.29, 0.717) is 17.8 Å². The lowest BCUT2D eigenvalue weighted by atomic mass is 9.72. The van der Waals surface area contributed by atoms with Crippen molar-refractivity contribution in [2.24, 2.45) is 5.92 Å². The summed E-state index contributed by atoms with van der Waals surface area (Å²) < 4.78 is 0. The van der Waals surface area contributed by atoms with E-state index in [0.717, 1.165) is 5.02 Å². The lowest BCUT2D eigenvalue weighted by Gasteiger charge is -2.32. The summed E-state index contributed by atoms with van der Waals surface area (Å²) in [5.41, 5.74) is 5.90. The highest BCUT2D eigenvalue weighted by Gasteiger charge is 2.30. The normalized spacial score (nSPS) is 24.7. The first kappa shape index (κ1) is 13.4. The molecule has 2 aliphatic carbocycles. The van der Waals surface area contributed by atoms with Crippen molar-refractivity contribution in [1.82, 2.24) is 0 Å². The predicted octanol–water partition coefficient (Wildman–Crippen LogP) is 5.93. The van der Waals surface area contributed by atoms with Crippen molar-refractivity contribution < 1.29 is 0 Å². The van der Waals surface area contributed by atoms with Crippen LogP contribution in [-0.2, 0) is 6.42 Å². The Balaban J connectivity index is 1.80. The molecule has 0 N–H and O–H groups in total. The molecule has 0 aromatic heterocycles. The predicted molar refractivity (Wildman–Crippen MR) is 89.2 cm³/mol. The molecule has 1 saturated carbocycles. The van der Waals surface area contributed by atoms with E-state index in [9.17, 15) is 0 Å². The van der Waals surface area contributed by atoms with Crippen LogP contribution in [0.2, 0.25) is 5.02 Å². The van der Waals surface area contributed by atoms with Gasteiger partial charge in [0.25, 0.3) is 0 Å². The van der Waals surface area contributed by atoms with Gasteiger partial charge in [-0.3, -0.25) is 0 Å². The van der Waals surface area contributed by atoms with Crippen molar-refractivity contribution in [3.63, 3.8) is 0 Å². The number of halogens is 1. The molecule has 0 nitrogen and oxygen atoms in total. The minimum Gasteiger partial charge on any atom is -0.0840 e. The first-order valence-corrected chi connectivity index (χ1v) is 8.49. The molecular weight excluding hydrogens is 276 g/mol. The first-order valence-electron chi connectivity index (χ1n) is 8.11. The summed E-state index contributed by atoms with van der Waals surface area (Å²) in [5, 5.41) is 0.956. The summed E-state index contributed by atoms with van der Waals surface area (Å²) >= 11 is 6.41. The topological polar surface area (TPSA) is 0 Å². The largest absolute Gasteiger partial charge is 0.0840 e. The third-order valence-electron chi connectivity index (χ3n) is 5.22. The third kappa shape index (κ3) is 2.40. The summed E-state index contributed by atoms with van der Waals surface area (Å²) in [6.07, 6.45) is 5.11. The summed E-state index contributed by atoms with van der Waals surface area (Å²) in [4.78, 5) is 0. The fourth-order valence-corrected chi connectivity index (χ4v) is 4.16. The van der Waals surface area contributed by atoms with Gasteiger partial charge in [-0.2, -0.15) is 0 Å². The van der Waals surface area contributed by atoms with Gasteiger partial charge in [-0.05, 0) is 65.8 Å². The molecule has 0 radical (unpaired) electrons. The van der Waals surface area contributed by atoms with Gasteiger partial charge in [-0.25, -0.2) is 0 Å². The van der Waals surface area contributed by atoms with Crippen LogP contribution in [0.3, 0.4) is 0 Å². The Morgan fingerprint density at radius 1 is 0.952 bits per heavy atom. The summed E-state index contributed by atoms with van der Waals surface area (Å²) in [7, 11) is 0. The Hall–Kier alpha value is -1.27. The number of hydrogen-bond acceptors (Lipinski definition) is 0. The average molecular weight is 297 g/mol. The Bertz CT molecular complexity index is 669. The van der Waals surface area contributed by atoms with Crippen LogP contribution < -0.4 is 0 Å². The van der Waals surface area contributed by atoms with Crippen LogP contribution in [0.1, 0.15) is 60.3 Å². The molecule has 4 rings (SSSR count). The van der Waals surface area contributed by atoms with Crippen molar-refractivity contribution in [3.8, 4) is 0 Å². The molecule has 2 aliphatic rings. The molecule has 0 aliphatic heterocycles. The maximum Gasteiger partial charge on any atom is 0.0441 e. The molecule has 2 atom stereocenters. The summed E-state index contributed by atoms with van der Waals surface area (Å²) in [5.74, 6) is 1.95. The number of benzene rings is 2. The Kier molecular flexibility index (Phi) is 3.30. The van der Waals surface area contributed by atoms with Crippen LogP contribution in [0.4, 0.5) is 0 Å². The fourth-order valence-electron chi connectivity index (χ4n) is 3.89. The second-order valence-corrected chi connectivity index (χ2v) is 7.15. The zero-order valence-corrected chi connectivity index (χ0v) is 13.2. The monoisotopic (exact) mass is 296 g/mol. The highest BCUT2D eigenvalue weighted by atomic mass is 35.5. The maximum atomic E-state index is 6.41. The van der Waals surface area contributed by atoms with Crippen molar-refractivity contribution in [2.45, 2.75) is 44.4 Å². The van der Waals surface area contributed by atoms with Gasteiger partial charge in [0.2, 0.25) is 0 Å². The minimum atomic E-state index is 0.532. The van der Waals surface area contributed by atoms with E-state index in [1.165, 1.54) is 47.9 Å². The second-order valence-electron chi connectivity index (χ2n) is 6.75. The molecule has 0 spiro atoms. The van der Waals surface area contributed by atoms with Gasteiger partial charge in [-0.15, -0.1) is 0 Å². The zero-order valence-electron chi connectivity index (χ0n) is 12.5. The quantitative estimate of drug-likeness (QED) is 0.644. The molecule has 2 aromatic carbocycles. The molecule has 1 heteroatoms. The van der Waals surface area contributed by atoms with E-state index in [4.69, 9.17) is 11.6 Å². The van der Waals surface area contributed by atoms with Crippen LogP contribution in [0.5, 0.6) is 0 Å². The lowest BCUT2D eigenvalue weighted by Crippen LogP contribution is -2.19. The molecule has 21 heavy (non-hydrogen) atoms. The van der Waals surface area contributed by atoms with Gasteiger partial charge < -0.3 is 0 Å². The van der Waals surface area contributed by atoms with E-state index >= 15 is 0 Å². The average Bonchev–Trinajstić information content (AvgIpc) is 3.33. The number of aryl methyl sites for hydroxylation is 1. The second kappa shape index (κ2) is 5.18. The molecule has 0 saturated heterocycles. The molecule has 0 unspecified atom stereocenters. The summed E-state index contributed by atoms with van der Waals surface area (Å²) in [6.45, 7) is 2.39. The fraction of sp³-hybridized carbons (Fsp3) is 0.400. The highest BCUT2D eigenvalue weighted by Crippen LogP contribution is 2.46. The van der Waals surface area contributed by atoms with Gasteiger partial charge in [0.1, 0.15) is 0 Å². The molecule has 0 amide bonds. The third-order valence-corrected chi connectivity index (χ3v) is 5.57. The summed E-state index contributed by atoms with van der Waals surface area (Å²) in [6, 6.07) is 15.7. The smallest absolute Gasteiger partial charge is 0.0441 e. The van der Waals surface area contributed by atoms with Crippen LogP contribution in [0.15, 0.2) is 42.5 Å². The van der Waals surface area contributed by atoms with Crippen LogP contribution in [0.25, 0.3) is 0 Å². The lowest BCUT2D eigenvalue weighted by molar-refractivity contribution is 0.446. The van der Waals surface area contributed by atoms with E-state index in [1.807, 2.05) is 0 Å². The zero-order chi connectivity index (χ0) is 14.4. The van der Waals surface area contributed by atoms with Gasteiger partial charge in [0.05, 0.1) is 0 Å². The maximum absolute atomic E-state index is 6.41. The Morgan fingerprint density at radius 3 is 2.57 bits per heavy atom. The standard InChI is InChI=1S/C20H21Cl/c1-13-6-7-14-4-2-3-5-17(14)20(13)16-10-11-19(21)18(12-16)15-8-9-15/h2-5,10-13,15,20H,6-9H2,1H3/t13-,20-/m0/s1. The molecule has 108 valence electrons. The Labute approximate surface area is 132 Å². The van der Waals surface area contributed by atoms with Gasteiger partial charge in [0.15, 0.2) is 0 Å². The van der Waals surface area contributed by atoms with Crippen LogP contribution >= 0.6 is 11.6 Å². The molecule has 2 aromatic rings. The van der Waals surface area contributed by atoms with Crippen LogP contribution in [-0.4, -0.2) is 0 Å². The first-order chi connectivity index (χ1) is 10.2. The van der Waals surface area contributed by atoms with Crippen molar-refractivity contribution in [1.29, 1.82) is 0 Å². The van der Waals surface area contributed by atoms with Crippen LogP contribution in [0, 0.1) is 5.92 Å². The molecule has 0 bridgehead atoms. The van der Waals surface area contributed by atoms with Gasteiger partial charge in [-0.1, -0.05) is 54.9 Å². The van der Waals surface area contributed by atoms with Crippen molar-refractivity contribution >= 4 is 11.6 Å². The number of hydrogen-bond donors (Lipinski definition) is 0. The van der Waals surface area contributed by atoms with E-state index < -0.39 is 0 Å². The number of fused-ring (bicyclic) bond motifs is 1. The minimum absolute atomic E-state index is 0.532. The molecule has 1 fully saturated rings. The van der Waals surface area contributed by atoms with E-state index in [-0.39, 0.29) is 0 Å². The SMILES string of the molecule is C[C@H]1CCc2ccccc2[C@@H]1c1ccc(Cl)c(C2CC2)c1. The molecular formula is C20H21Cl. The van der Waals surface area contributed by atoms with Crippen molar-refractivity contribution in [3.05, 3.63) is 69.7 Å².